The molecular formula is C21H22ClFN6O3. The summed E-state index contributed by atoms with van der Waals surface area (Å²) in [5, 5.41) is 4.34. The summed E-state index contributed by atoms with van der Waals surface area (Å²) in [6.45, 7) is 2.65. The lowest BCUT2D eigenvalue weighted by atomic mass is 10.1. The molecule has 9 nitrogen and oxygen atoms in total. The van der Waals surface area contributed by atoms with Gasteiger partial charge < -0.3 is 24.7 Å². The summed E-state index contributed by atoms with van der Waals surface area (Å²) < 4.78 is 25.2. The lowest BCUT2D eigenvalue weighted by Crippen LogP contribution is -2.33. The average Bonchev–Trinajstić information content (AvgIpc) is 3.54. The van der Waals surface area contributed by atoms with Gasteiger partial charge >= 0.3 is 6.09 Å². The normalized spacial score (nSPS) is 20.8. The van der Waals surface area contributed by atoms with Crippen LogP contribution in [-0.4, -0.2) is 69.9 Å². The van der Waals surface area contributed by atoms with E-state index in [-0.39, 0.29) is 23.9 Å². The SMILES string of the molecule is O=C(OCC1CCOC1)N1CC[C@H](Nc2nc(-c3c[nH]c4ncc(Cl)cc34)ncc2F)C1. The molecule has 32 heavy (non-hydrogen) atoms. The van der Waals surface area contributed by atoms with E-state index in [0.717, 1.165) is 18.0 Å². The Morgan fingerprint density at radius 1 is 1.38 bits per heavy atom. The Kier molecular flexibility index (Phi) is 5.79. The number of likely N-dealkylation sites (tertiary alicyclic amines) is 1. The minimum absolute atomic E-state index is 0.0858. The molecule has 2 saturated heterocycles. The molecule has 1 unspecified atom stereocenters. The maximum absolute atomic E-state index is 14.4. The first-order chi connectivity index (χ1) is 15.6. The molecule has 2 aliphatic rings. The number of anilines is 1. The second-order valence-corrected chi connectivity index (χ2v) is 8.46. The van der Waals surface area contributed by atoms with Crippen LogP contribution in [-0.2, 0) is 9.47 Å². The van der Waals surface area contributed by atoms with Crippen LogP contribution in [0.25, 0.3) is 22.4 Å². The molecule has 3 aromatic heterocycles. The average molecular weight is 461 g/mol. The standard InChI is InChI=1S/C21H22ClFN6O3/c22-13-5-15-16(7-25-18(15)24-6-13)19-26-8-17(23)20(28-19)27-14-1-3-29(9-14)21(30)32-11-12-2-4-31-10-12/h5-8,12,14H,1-4,9-11H2,(H,24,25)(H,26,27,28)/t12?,14-/m0/s1. The van der Waals surface area contributed by atoms with Gasteiger partial charge in [-0.2, -0.15) is 0 Å². The van der Waals surface area contributed by atoms with E-state index in [2.05, 4.69) is 25.3 Å². The van der Waals surface area contributed by atoms with Crippen molar-refractivity contribution in [3.63, 3.8) is 0 Å². The van der Waals surface area contributed by atoms with Crippen LogP contribution in [0.3, 0.4) is 0 Å². The van der Waals surface area contributed by atoms with Gasteiger partial charge in [-0.05, 0) is 18.9 Å². The minimum Gasteiger partial charge on any atom is -0.449 e. The van der Waals surface area contributed by atoms with E-state index >= 15 is 0 Å². The fourth-order valence-electron chi connectivity index (χ4n) is 3.99. The number of ether oxygens (including phenoxy) is 2. The van der Waals surface area contributed by atoms with Crippen molar-refractivity contribution in [1.82, 2.24) is 24.8 Å². The third-order valence-corrected chi connectivity index (χ3v) is 5.94. The molecule has 0 saturated carbocycles. The Hall–Kier alpha value is -2.98. The summed E-state index contributed by atoms with van der Waals surface area (Å²) in [5.41, 5.74) is 1.31. The Labute approximate surface area is 188 Å². The van der Waals surface area contributed by atoms with E-state index in [1.54, 1.807) is 23.4 Å². The number of nitrogens with zero attached hydrogens (tertiary/aromatic N) is 4. The van der Waals surface area contributed by atoms with Crippen molar-refractivity contribution in [3.05, 3.63) is 35.5 Å². The highest BCUT2D eigenvalue weighted by molar-refractivity contribution is 6.31. The highest BCUT2D eigenvalue weighted by atomic mass is 35.5. The number of amides is 1. The molecule has 2 atom stereocenters. The number of carbonyl (C=O) groups excluding carboxylic acids is 1. The Morgan fingerprint density at radius 3 is 3.12 bits per heavy atom. The number of hydrogen-bond donors (Lipinski definition) is 2. The predicted molar refractivity (Wildman–Crippen MR) is 116 cm³/mol. The van der Waals surface area contributed by atoms with Crippen LogP contribution in [0.1, 0.15) is 12.8 Å². The second kappa shape index (κ2) is 8.87. The quantitative estimate of drug-likeness (QED) is 0.600. The first kappa shape index (κ1) is 20.9. The fraction of sp³-hybridized carbons (Fsp3) is 0.429. The number of fused-ring (bicyclic) bond motifs is 1. The van der Waals surface area contributed by atoms with E-state index in [1.807, 2.05) is 0 Å². The third kappa shape index (κ3) is 4.33. The number of nitrogens with one attached hydrogen (secondary N) is 2. The summed E-state index contributed by atoms with van der Waals surface area (Å²) in [6.07, 6.45) is 5.60. The van der Waals surface area contributed by atoms with Crippen molar-refractivity contribution in [1.29, 1.82) is 0 Å². The van der Waals surface area contributed by atoms with Crippen LogP contribution in [0.4, 0.5) is 15.0 Å². The van der Waals surface area contributed by atoms with Crippen LogP contribution < -0.4 is 5.32 Å². The third-order valence-electron chi connectivity index (χ3n) is 5.74. The molecular weight excluding hydrogens is 439 g/mol. The van der Waals surface area contributed by atoms with Gasteiger partial charge in [0.2, 0.25) is 0 Å². The van der Waals surface area contributed by atoms with Gasteiger partial charge in [-0.3, -0.25) is 0 Å². The van der Waals surface area contributed by atoms with E-state index in [0.29, 0.717) is 61.4 Å². The molecule has 0 aliphatic carbocycles. The highest BCUT2D eigenvalue weighted by Crippen LogP contribution is 2.28. The number of halogens is 2. The summed E-state index contributed by atoms with van der Waals surface area (Å²) >= 11 is 6.07. The Morgan fingerprint density at radius 2 is 2.28 bits per heavy atom. The first-order valence-electron chi connectivity index (χ1n) is 10.5. The summed E-state index contributed by atoms with van der Waals surface area (Å²) in [5.74, 6) is 0.130. The van der Waals surface area contributed by atoms with E-state index < -0.39 is 5.82 Å². The van der Waals surface area contributed by atoms with Crippen LogP contribution in [0.5, 0.6) is 0 Å². The molecule has 168 valence electrons. The largest absolute Gasteiger partial charge is 0.449 e. The summed E-state index contributed by atoms with van der Waals surface area (Å²) in [6, 6.07) is 1.61. The number of hydrogen-bond acceptors (Lipinski definition) is 7. The molecule has 0 bridgehead atoms. The molecule has 0 radical (unpaired) electrons. The van der Waals surface area contributed by atoms with Crippen molar-refractivity contribution in [3.8, 4) is 11.4 Å². The van der Waals surface area contributed by atoms with Crippen molar-refractivity contribution < 1.29 is 18.7 Å². The molecule has 2 aliphatic heterocycles. The van der Waals surface area contributed by atoms with Gasteiger partial charge in [0.1, 0.15) is 5.65 Å². The monoisotopic (exact) mass is 460 g/mol. The van der Waals surface area contributed by atoms with Gasteiger partial charge in [0, 0.05) is 55.0 Å². The summed E-state index contributed by atoms with van der Waals surface area (Å²) in [7, 11) is 0. The lowest BCUT2D eigenvalue weighted by molar-refractivity contribution is 0.0893. The minimum atomic E-state index is -0.563. The van der Waals surface area contributed by atoms with Crippen molar-refractivity contribution >= 4 is 34.5 Å². The van der Waals surface area contributed by atoms with Crippen molar-refractivity contribution in [2.45, 2.75) is 18.9 Å². The Bertz CT molecular complexity index is 1140. The molecule has 0 aromatic carbocycles. The van der Waals surface area contributed by atoms with Gasteiger partial charge in [-0.15, -0.1) is 0 Å². The van der Waals surface area contributed by atoms with E-state index in [9.17, 15) is 9.18 Å². The van der Waals surface area contributed by atoms with Crippen LogP contribution in [0.15, 0.2) is 24.7 Å². The van der Waals surface area contributed by atoms with Gasteiger partial charge in [0.15, 0.2) is 17.5 Å². The number of aromatic amines is 1. The molecule has 0 spiro atoms. The number of aromatic nitrogens is 4. The van der Waals surface area contributed by atoms with Gasteiger partial charge in [-0.25, -0.2) is 24.1 Å². The number of rotatable bonds is 5. The van der Waals surface area contributed by atoms with Crippen molar-refractivity contribution in [2.24, 2.45) is 5.92 Å². The first-order valence-corrected chi connectivity index (χ1v) is 10.9. The van der Waals surface area contributed by atoms with Gasteiger partial charge in [-0.1, -0.05) is 11.6 Å². The number of pyridine rings is 1. The molecule has 1 amide bonds. The molecule has 11 heteroatoms. The lowest BCUT2D eigenvalue weighted by Gasteiger charge is -2.18. The van der Waals surface area contributed by atoms with Crippen LogP contribution >= 0.6 is 11.6 Å². The molecule has 2 N–H and O–H groups in total. The van der Waals surface area contributed by atoms with Crippen LogP contribution in [0.2, 0.25) is 5.02 Å². The second-order valence-electron chi connectivity index (χ2n) is 8.02. The number of carbonyl (C=O) groups is 1. The topological polar surface area (TPSA) is 105 Å². The molecule has 3 aromatic rings. The predicted octanol–water partition coefficient (Wildman–Crippen LogP) is 3.47. The Balaban J connectivity index is 1.25. The smallest absolute Gasteiger partial charge is 0.409 e. The highest BCUT2D eigenvalue weighted by Gasteiger charge is 2.29. The van der Waals surface area contributed by atoms with E-state index in [1.165, 1.54) is 0 Å². The van der Waals surface area contributed by atoms with Gasteiger partial charge in [0.25, 0.3) is 0 Å². The zero-order valence-corrected chi connectivity index (χ0v) is 17.9. The van der Waals surface area contributed by atoms with Crippen LogP contribution in [0, 0.1) is 11.7 Å². The zero-order chi connectivity index (χ0) is 22.1. The molecule has 2 fully saturated rings. The maximum atomic E-state index is 14.4. The molecule has 5 heterocycles. The zero-order valence-electron chi connectivity index (χ0n) is 17.2. The van der Waals surface area contributed by atoms with Crippen molar-refractivity contribution in [2.75, 3.05) is 38.2 Å². The summed E-state index contributed by atoms with van der Waals surface area (Å²) in [4.78, 5) is 29.7. The maximum Gasteiger partial charge on any atom is 0.409 e. The van der Waals surface area contributed by atoms with E-state index in [4.69, 9.17) is 21.1 Å². The number of H-pyrrole nitrogens is 1. The van der Waals surface area contributed by atoms with Gasteiger partial charge in [0.05, 0.1) is 24.4 Å². The molecule has 5 rings (SSSR count). The fourth-order valence-corrected chi connectivity index (χ4v) is 4.15.